The first-order valence-electron chi connectivity index (χ1n) is 4.84. The molecule has 0 heterocycles. The Balaban J connectivity index is 3.11. The molecule has 0 aliphatic rings. The monoisotopic (exact) mass is 206 g/mol. The van der Waals surface area contributed by atoms with Crippen molar-refractivity contribution in [2.24, 2.45) is 0 Å². The molecule has 0 aliphatic heterocycles. The Morgan fingerprint density at radius 2 is 2.00 bits per heavy atom. The Kier molecular flexibility index (Phi) is 4.03. The normalized spacial score (nSPS) is 10.1. The van der Waals surface area contributed by atoms with Gasteiger partial charge in [0.15, 0.2) is 0 Å². The first-order chi connectivity index (χ1) is 7.26. The van der Waals surface area contributed by atoms with Crippen LogP contribution in [0.15, 0.2) is 18.2 Å². The highest BCUT2D eigenvalue weighted by Gasteiger charge is 2.11. The number of benzene rings is 1. The second-order valence-electron chi connectivity index (χ2n) is 3.22. The number of carbonyl (C=O) groups is 2. The van der Waals surface area contributed by atoms with Gasteiger partial charge in [0.25, 0.3) is 0 Å². The molecule has 0 saturated carbocycles. The molecule has 0 saturated heterocycles. The zero-order valence-corrected chi connectivity index (χ0v) is 8.90. The van der Waals surface area contributed by atoms with Crippen molar-refractivity contribution in [1.29, 1.82) is 0 Å². The van der Waals surface area contributed by atoms with Gasteiger partial charge in [-0.2, -0.15) is 0 Å². The van der Waals surface area contributed by atoms with Gasteiger partial charge in [-0.3, -0.25) is 0 Å². The van der Waals surface area contributed by atoms with E-state index in [9.17, 15) is 9.59 Å². The third kappa shape index (κ3) is 2.43. The van der Waals surface area contributed by atoms with Gasteiger partial charge in [0.05, 0.1) is 13.0 Å². The number of aryl methyl sites for hydroxylation is 1. The quantitative estimate of drug-likeness (QED) is 0.544. The Morgan fingerprint density at radius 1 is 1.33 bits per heavy atom. The van der Waals surface area contributed by atoms with Crippen LogP contribution in [-0.2, 0) is 16.0 Å². The second-order valence-corrected chi connectivity index (χ2v) is 3.22. The molecular formula is C12H14O3. The van der Waals surface area contributed by atoms with Crippen molar-refractivity contribution in [3.8, 4) is 5.75 Å². The summed E-state index contributed by atoms with van der Waals surface area (Å²) in [6.45, 7) is 2.00. The van der Waals surface area contributed by atoms with E-state index in [2.05, 4.69) is 0 Å². The highest BCUT2D eigenvalue weighted by Crippen LogP contribution is 2.23. The SMILES string of the molecule is CCc1cc(C(C=O)C=O)ccc1OC. The lowest BCUT2D eigenvalue weighted by Crippen LogP contribution is -2.02. The van der Waals surface area contributed by atoms with Gasteiger partial charge < -0.3 is 14.3 Å². The molecule has 0 atom stereocenters. The smallest absolute Gasteiger partial charge is 0.134 e. The topological polar surface area (TPSA) is 43.4 Å². The zero-order valence-electron chi connectivity index (χ0n) is 8.90. The van der Waals surface area contributed by atoms with Gasteiger partial charge in [-0.1, -0.05) is 19.1 Å². The van der Waals surface area contributed by atoms with Crippen molar-refractivity contribution in [3.63, 3.8) is 0 Å². The predicted octanol–water partition coefficient (Wildman–Crippen LogP) is 1.74. The van der Waals surface area contributed by atoms with E-state index in [1.807, 2.05) is 13.0 Å². The van der Waals surface area contributed by atoms with Gasteiger partial charge in [0, 0.05) is 0 Å². The molecule has 80 valence electrons. The van der Waals surface area contributed by atoms with Crippen molar-refractivity contribution in [2.75, 3.05) is 7.11 Å². The number of aldehydes is 2. The third-order valence-corrected chi connectivity index (χ3v) is 2.36. The summed E-state index contributed by atoms with van der Waals surface area (Å²) < 4.78 is 5.16. The maximum Gasteiger partial charge on any atom is 0.134 e. The van der Waals surface area contributed by atoms with Crippen LogP contribution in [0.2, 0.25) is 0 Å². The van der Waals surface area contributed by atoms with E-state index in [-0.39, 0.29) is 0 Å². The number of carbonyl (C=O) groups excluding carboxylic acids is 2. The number of ether oxygens (including phenoxy) is 1. The van der Waals surface area contributed by atoms with E-state index in [4.69, 9.17) is 4.74 Å². The van der Waals surface area contributed by atoms with E-state index in [0.29, 0.717) is 12.6 Å². The lowest BCUT2D eigenvalue weighted by molar-refractivity contribution is -0.116. The summed E-state index contributed by atoms with van der Waals surface area (Å²) in [5.41, 5.74) is 1.72. The molecule has 1 aromatic rings. The maximum atomic E-state index is 10.6. The van der Waals surface area contributed by atoms with Crippen LogP contribution in [0.3, 0.4) is 0 Å². The molecule has 0 aromatic heterocycles. The summed E-state index contributed by atoms with van der Waals surface area (Å²) in [5, 5.41) is 0. The summed E-state index contributed by atoms with van der Waals surface area (Å²) in [5.74, 6) is 0.123. The average Bonchev–Trinajstić information content (AvgIpc) is 2.30. The molecule has 3 heteroatoms. The Bertz CT molecular complexity index is 350. The van der Waals surface area contributed by atoms with Crippen LogP contribution in [0, 0.1) is 0 Å². The minimum Gasteiger partial charge on any atom is -0.496 e. The second kappa shape index (κ2) is 5.29. The average molecular weight is 206 g/mol. The molecule has 1 aromatic carbocycles. The molecule has 0 N–H and O–H groups in total. The molecule has 0 radical (unpaired) electrons. The van der Waals surface area contributed by atoms with Crippen LogP contribution in [0.5, 0.6) is 5.75 Å². The summed E-state index contributed by atoms with van der Waals surface area (Å²) in [4.78, 5) is 21.3. The molecule has 1 rings (SSSR count). The predicted molar refractivity (Wildman–Crippen MR) is 57.2 cm³/mol. The molecule has 0 unspecified atom stereocenters. The van der Waals surface area contributed by atoms with Crippen LogP contribution in [0.1, 0.15) is 24.0 Å². The molecule has 0 fully saturated rings. The van der Waals surface area contributed by atoms with Gasteiger partial charge >= 0.3 is 0 Å². The van der Waals surface area contributed by atoms with Crippen molar-refractivity contribution in [3.05, 3.63) is 29.3 Å². The van der Waals surface area contributed by atoms with Crippen LogP contribution in [0.4, 0.5) is 0 Å². The lowest BCUT2D eigenvalue weighted by Gasteiger charge is -2.10. The van der Waals surface area contributed by atoms with E-state index < -0.39 is 5.92 Å². The molecule has 0 amide bonds. The Labute approximate surface area is 89.1 Å². The van der Waals surface area contributed by atoms with Crippen LogP contribution >= 0.6 is 0 Å². The standard InChI is InChI=1S/C12H14O3/c1-3-9-6-10(11(7-13)8-14)4-5-12(9)15-2/h4-8,11H,3H2,1-2H3. The Hall–Kier alpha value is -1.64. The Morgan fingerprint density at radius 3 is 2.47 bits per heavy atom. The van der Waals surface area contributed by atoms with E-state index >= 15 is 0 Å². The molecule has 15 heavy (non-hydrogen) atoms. The van der Waals surface area contributed by atoms with Crippen LogP contribution in [0.25, 0.3) is 0 Å². The van der Waals surface area contributed by atoms with E-state index in [1.54, 1.807) is 19.2 Å². The summed E-state index contributed by atoms with van der Waals surface area (Å²) in [7, 11) is 1.60. The number of rotatable bonds is 5. The van der Waals surface area contributed by atoms with Gasteiger partial charge in [0.2, 0.25) is 0 Å². The van der Waals surface area contributed by atoms with E-state index in [1.165, 1.54) is 0 Å². The fraction of sp³-hybridized carbons (Fsp3) is 0.333. The van der Waals surface area contributed by atoms with Gasteiger partial charge in [-0.25, -0.2) is 0 Å². The molecule has 3 nitrogen and oxygen atoms in total. The van der Waals surface area contributed by atoms with Crippen molar-refractivity contribution in [2.45, 2.75) is 19.3 Å². The molecule has 0 spiro atoms. The first kappa shape index (κ1) is 11.4. The number of hydrogen-bond donors (Lipinski definition) is 0. The number of methoxy groups -OCH3 is 1. The minimum absolute atomic E-state index is 0.647. The largest absolute Gasteiger partial charge is 0.496 e. The highest BCUT2D eigenvalue weighted by molar-refractivity contribution is 5.85. The fourth-order valence-electron chi connectivity index (χ4n) is 1.47. The molecule has 0 aliphatic carbocycles. The van der Waals surface area contributed by atoms with Crippen LogP contribution in [-0.4, -0.2) is 19.7 Å². The van der Waals surface area contributed by atoms with Gasteiger partial charge in [-0.05, 0) is 23.6 Å². The summed E-state index contributed by atoms with van der Waals surface area (Å²) in [6, 6.07) is 5.37. The molecule has 0 bridgehead atoms. The van der Waals surface area contributed by atoms with Gasteiger partial charge in [0.1, 0.15) is 18.3 Å². The van der Waals surface area contributed by atoms with Crippen molar-refractivity contribution >= 4 is 12.6 Å². The maximum absolute atomic E-state index is 10.6. The van der Waals surface area contributed by atoms with Crippen molar-refractivity contribution in [1.82, 2.24) is 0 Å². The lowest BCUT2D eigenvalue weighted by atomic mass is 9.98. The molecular weight excluding hydrogens is 192 g/mol. The minimum atomic E-state index is -0.666. The zero-order chi connectivity index (χ0) is 11.3. The van der Waals surface area contributed by atoms with E-state index in [0.717, 1.165) is 23.3 Å². The van der Waals surface area contributed by atoms with Crippen molar-refractivity contribution < 1.29 is 14.3 Å². The fourth-order valence-corrected chi connectivity index (χ4v) is 1.47. The van der Waals surface area contributed by atoms with Gasteiger partial charge in [-0.15, -0.1) is 0 Å². The first-order valence-corrected chi connectivity index (χ1v) is 4.84. The summed E-state index contributed by atoms with van der Waals surface area (Å²) >= 11 is 0. The van der Waals surface area contributed by atoms with Crippen LogP contribution < -0.4 is 4.74 Å². The summed E-state index contributed by atoms with van der Waals surface area (Å²) in [6.07, 6.45) is 2.10. The third-order valence-electron chi connectivity index (χ3n) is 2.36. The number of hydrogen-bond acceptors (Lipinski definition) is 3. The highest BCUT2D eigenvalue weighted by atomic mass is 16.5.